The molecule has 0 saturated carbocycles. The molecule has 0 bridgehead atoms. The molecule has 2 amide bonds. The van der Waals surface area contributed by atoms with E-state index in [0.717, 1.165) is 27.9 Å². The Labute approximate surface area is 187 Å². The van der Waals surface area contributed by atoms with Gasteiger partial charge in [-0.3, -0.25) is 9.59 Å². The third-order valence-corrected chi connectivity index (χ3v) is 5.42. The van der Waals surface area contributed by atoms with Crippen LogP contribution in [0.25, 0.3) is 5.57 Å². The summed E-state index contributed by atoms with van der Waals surface area (Å²) in [6, 6.07) is 18.6. The van der Waals surface area contributed by atoms with Crippen molar-refractivity contribution in [2.45, 2.75) is 27.7 Å². The van der Waals surface area contributed by atoms with Crippen LogP contribution in [0.5, 0.6) is 0 Å². The minimum absolute atomic E-state index is 0.261. The first kappa shape index (κ1) is 20.9. The van der Waals surface area contributed by atoms with Gasteiger partial charge in [0.05, 0.1) is 11.3 Å². The summed E-state index contributed by atoms with van der Waals surface area (Å²) in [7, 11) is 0. The molecule has 4 rings (SSSR count). The SMILES string of the molecule is Cc1cc(C)cc(NC2=C(c3ccc(Cl)cc3)C(=O)N(c3cc(C)cc(C)c3)C2=O)c1. The van der Waals surface area contributed by atoms with Gasteiger partial charge in [-0.25, -0.2) is 4.90 Å². The van der Waals surface area contributed by atoms with Gasteiger partial charge < -0.3 is 5.32 Å². The van der Waals surface area contributed by atoms with Crippen molar-refractivity contribution in [3.8, 4) is 0 Å². The van der Waals surface area contributed by atoms with E-state index in [4.69, 9.17) is 11.6 Å². The molecule has 0 aromatic heterocycles. The van der Waals surface area contributed by atoms with E-state index in [9.17, 15) is 9.59 Å². The van der Waals surface area contributed by atoms with Gasteiger partial charge in [0, 0.05) is 10.7 Å². The summed E-state index contributed by atoms with van der Waals surface area (Å²) in [5.74, 6) is -0.733. The summed E-state index contributed by atoms with van der Waals surface area (Å²) in [5.41, 5.74) is 6.67. The van der Waals surface area contributed by atoms with Gasteiger partial charge in [0.15, 0.2) is 0 Å². The van der Waals surface area contributed by atoms with Crippen molar-refractivity contribution in [3.05, 3.63) is 99.2 Å². The average Bonchev–Trinajstić information content (AvgIpc) is 2.91. The van der Waals surface area contributed by atoms with Crippen LogP contribution >= 0.6 is 11.6 Å². The Kier molecular flexibility index (Phi) is 5.42. The number of anilines is 2. The average molecular weight is 431 g/mol. The van der Waals surface area contributed by atoms with Crippen LogP contribution < -0.4 is 10.2 Å². The highest BCUT2D eigenvalue weighted by molar-refractivity contribution is 6.46. The molecule has 0 atom stereocenters. The molecule has 4 nitrogen and oxygen atoms in total. The highest BCUT2D eigenvalue weighted by atomic mass is 35.5. The van der Waals surface area contributed by atoms with Gasteiger partial charge >= 0.3 is 0 Å². The first-order valence-corrected chi connectivity index (χ1v) is 10.4. The van der Waals surface area contributed by atoms with E-state index in [2.05, 4.69) is 11.4 Å². The molecule has 0 spiro atoms. The fourth-order valence-corrected chi connectivity index (χ4v) is 4.16. The molecule has 1 aliphatic rings. The van der Waals surface area contributed by atoms with E-state index in [1.165, 1.54) is 4.90 Å². The van der Waals surface area contributed by atoms with Gasteiger partial charge in [-0.1, -0.05) is 35.9 Å². The number of carbonyl (C=O) groups excluding carboxylic acids is 2. The lowest BCUT2D eigenvalue weighted by Crippen LogP contribution is -2.32. The summed E-state index contributed by atoms with van der Waals surface area (Å²) in [6.07, 6.45) is 0. The van der Waals surface area contributed by atoms with E-state index < -0.39 is 0 Å². The number of halogens is 1. The quantitative estimate of drug-likeness (QED) is 0.518. The van der Waals surface area contributed by atoms with Crippen LogP contribution in [0.1, 0.15) is 27.8 Å². The maximum atomic E-state index is 13.5. The molecular formula is C26H23ClN2O2. The lowest BCUT2D eigenvalue weighted by molar-refractivity contribution is -0.120. The normalized spacial score (nSPS) is 13.9. The molecule has 3 aromatic carbocycles. The number of amides is 2. The van der Waals surface area contributed by atoms with E-state index in [-0.39, 0.29) is 17.5 Å². The summed E-state index contributed by atoms with van der Waals surface area (Å²) >= 11 is 6.05. The largest absolute Gasteiger partial charge is 0.350 e. The molecule has 31 heavy (non-hydrogen) atoms. The van der Waals surface area contributed by atoms with E-state index in [0.29, 0.717) is 21.8 Å². The number of nitrogens with one attached hydrogen (secondary N) is 1. The van der Waals surface area contributed by atoms with Crippen molar-refractivity contribution >= 4 is 40.4 Å². The predicted octanol–water partition coefficient (Wildman–Crippen LogP) is 5.97. The molecule has 3 aromatic rings. The molecule has 1 aliphatic heterocycles. The van der Waals surface area contributed by atoms with Gasteiger partial charge in [0.1, 0.15) is 5.70 Å². The first-order chi connectivity index (χ1) is 14.7. The number of aryl methyl sites for hydroxylation is 4. The molecule has 0 saturated heterocycles. The molecule has 156 valence electrons. The number of hydrogen-bond acceptors (Lipinski definition) is 3. The molecule has 1 N–H and O–H groups in total. The Hall–Kier alpha value is -3.37. The number of imide groups is 1. The topological polar surface area (TPSA) is 49.4 Å². The van der Waals surface area contributed by atoms with Crippen molar-refractivity contribution in [1.82, 2.24) is 0 Å². The summed E-state index contributed by atoms with van der Waals surface area (Å²) in [6.45, 7) is 7.89. The van der Waals surface area contributed by atoms with Crippen molar-refractivity contribution in [2.75, 3.05) is 10.2 Å². The Morgan fingerprint density at radius 1 is 0.710 bits per heavy atom. The number of nitrogens with zero attached hydrogens (tertiary/aromatic N) is 1. The van der Waals surface area contributed by atoms with E-state index >= 15 is 0 Å². The van der Waals surface area contributed by atoms with Gasteiger partial charge in [0.25, 0.3) is 11.8 Å². The van der Waals surface area contributed by atoms with Gasteiger partial charge in [-0.05, 0) is 91.9 Å². The highest BCUT2D eigenvalue weighted by Gasteiger charge is 2.40. The molecular weight excluding hydrogens is 408 g/mol. The van der Waals surface area contributed by atoms with Crippen molar-refractivity contribution in [3.63, 3.8) is 0 Å². The van der Waals surface area contributed by atoms with Crippen LogP contribution in [-0.4, -0.2) is 11.8 Å². The summed E-state index contributed by atoms with van der Waals surface area (Å²) < 4.78 is 0. The van der Waals surface area contributed by atoms with Crippen molar-refractivity contribution in [1.29, 1.82) is 0 Å². The smallest absolute Gasteiger partial charge is 0.282 e. The van der Waals surface area contributed by atoms with Crippen LogP contribution in [0.3, 0.4) is 0 Å². The number of benzene rings is 3. The third kappa shape index (κ3) is 4.12. The van der Waals surface area contributed by atoms with Crippen molar-refractivity contribution in [2.24, 2.45) is 0 Å². The van der Waals surface area contributed by atoms with E-state index in [1.807, 2.05) is 58.0 Å². The highest BCUT2D eigenvalue weighted by Crippen LogP contribution is 2.35. The minimum atomic E-state index is -0.376. The Bertz CT molecular complexity index is 1200. The van der Waals surface area contributed by atoms with Crippen LogP contribution in [0.4, 0.5) is 11.4 Å². The van der Waals surface area contributed by atoms with Gasteiger partial charge in [0.2, 0.25) is 0 Å². The minimum Gasteiger partial charge on any atom is -0.350 e. The fraction of sp³-hybridized carbons (Fsp3) is 0.154. The summed E-state index contributed by atoms with van der Waals surface area (Å²) in [4.78, 5) is 28.3. The van der Waals surface area contributed by atoms with Crippen LogP contribution in [0.15, 0.2) is 66.4 Å². The molecule has 0 aliphatic carbocycles. The molecule has 0 radical (unpaired) electrons. The standard InChI is InChI=1S/C26H23ClN2O2/c1-15-9-16(2)12-21(11-15)28-24-23(19-5-7-20(27)8-6-19)25(30)29(26(24)31)22-13-17(3)10-18(4)14-22/h5-14,28H,1-4H3. The zero-order valence-corrected chi connectivity index (χ0v) is 18.7. The Balaban J connectivity index is 1.85. The number of carbonyl (C=O) groups is 2. The van der Waals surface area contributed by atoms with Crippen LogP contribution in [-0.2, 0) is 9.59 Å². The molecule has 1 heterocycles. The fourth-order valence-electron chi connectivity index (χ4n) is 4.04. The van der Waals surface area contributed by atoms with Crippen LogP contribution in [0.2, 0.25) is 5.02 Å². The zero-order chi connectivity index (χ0) is 22.3. The number of rotatable bonds is 4. The lowest BCUT2D eigenvalue weighted by atomic mass is 10.0. The van der Waals surface area contributed by atoms with Gasteiger partial charge in [-0.2, -0.15) is 0 Å². The molecule has 5 heteroatoms. The summed E-state index contributed by atoms with van der Waals surface area (Å²) in [5, 5.41) is 3.80. The molecule has 0 fully saturated rings. The number of hydrogen-bond donors (Lipinski definition) is 1. The first-order valence-electron chi connectivity index (χ1n) is 10.1. The maximum absolute atomic E-state index is 13.5. The predicted molar refractivity (Wildman–Crippen MR) is 126 cm³/mol. The Morgan fingerprint density at radius 3 is 1.77 bits per heavy atom. The Morgan fingerprint density at radius 2 is 1.23 bits per heavy atom. The van der Waals surface area contributed by atoms with Crippen molar-refractivity contribution < 1.29 is 9.59 Å². The second kappa shape index (κ2) is 8.05. The van der Waals surface area contributed by atoms with Gasteiger partial charge in [-0.15, -0.1) is 0 Å². The zero-order valence-electron chi connectivity index (χ0n) is 17.9. The monoisotopic (exact) mass is 430 g/mol. The van der Waals surface area contributed by atoms with E-state index in [1.54, 1.807) is 24.3 Å². The second-order valence-electron chi connectivity index (χ2n) is 8.05. The lowest BCUT2D eigenvalue weighted by Gasteiger charge is -2.17. The second-order valence-corrected chi connectivity index (χ2v) is 8.49. The maximum Gasteiger partial charge on any atom is 0.282 e. The molecule has 0 unspecified atom stereocenters. The van der Waals surface area contributed by atoms with Crippen LogP contribution in [0, 0.1) is 27.7 Å². The third-order valence-electron chi connectivity index (χ3n) is 5.17.